The molecule has 0 bridgehead atoms. The van der Waals surface area contributed by atoms with Crippen molar-refractivity contribution in [2.24, 2.45) is 0 Å². The lowest BCUT2D eigenvalue weighted by molar-refractivity contribution is -0.128. The highest BCUT2D eigenvalue weighted by Crippen LogP contribution is 2.16. The number of nitrogens with zero attached hydrogens (tertiary/aromatic N) is 3. The van der Waals surface area contributed by atoms with Crippen molar-refractivity contribution in [1.29, 1.82) is 0 Å². The van der Waals surface area contributed by atoms with Crippen molar-refractivity contribution in [3.8, 4) is 0 Å². The van der Waals surface area contributed by atoms with E-state index in [-0.39, 0.29) is 19.0 Å². The van der Waals surface area contributed by atoms with E-state index >= 15 is 0 Å². The molecule has 0 spiro atoms. The molecule has 1 aromatic carbocycles. The van der Waals surface area contributed by atoms with Crippen LogP contribution < -0.4 is 4.90 Å². The van der Waals surface area contributed by atoms with Gasteiger partial charge in [-0.1, -0.05) is 18.2 Å². The summed E-state index contributed by atoms with van der Waals surface area (Å²) in [6, 6.07) is 10.0. The fourth-order valence-corrected chi connectivity index (χ4v) is 2.64. The Morgan fingerprint density at radius 1 is 1.33 bits per heavy atom. The van der Waals surface area contributed by atoms with Gasteiger partial charge < -0.3 is 19.5 Å². The summed E-state index contributed by atoms with van der Waals surface area (Å²) in [5.41, 5.74) is 0.904. The van der Waals surface area contributed by atoms with Gasteiger partial charge >= 0.3 is 0 Å². The minimum absolute atomic E-state index is 0.0880. The third-order valence-corrected chi connectivity index (χ3v) is 3.99. The molecule has 114 valence electrons. The van der Waals surface area contributed by atoms with Crippen LogP contribution in [-0.2, 0) is 9.59 Å². The Labute approximate surface area is 126 Å². The summed E-state index contributed by atoms with van der Waals surface area (Å²) in [6.45, 7) is 2.06. The van der Waals surface area contributed by atoms with Crippen molar-refractivity contribution in [1.82, 2.24) is 9.80 Å². The Bertz CT molecular complexity index is 476. The monoisotopic (exact) mass is 289 g/mol. The van der Waals surface area contributed by atoms with E-state index in [0.717, 1.165) is 31.5 Å². The molecular formula is C16H23N3O2. The third-order valence-electron chi connectivity index (χ3n) is 3.99. The first kappa shape index (κ1) is 15.5. The number of amides is 1. The van der Waals surface area contributed by atoms with Gasteiger partial charge in [0.15, 0.2) is 0 Å². The van der Waals surface area contributed by atoms with Gasteiger partial charge in [0.25, 0.3) is 0 Å². The second-order valence-corrected chi connectivity index (χ2v) is 5.63. The number of aldehydes is 1. The number of hydrogen-bond acceptors (Lipinski definition) is 4. The minimum atomic E-state index is 0.0880. The Morgan fingerprint density at radius 3 is 2.62 bits per heavy atom. The van der Waals surface area contributed by atoms with Gasteiger partial charge in [-0.2, -0.15) is 0 Å². The number of anilines is 1. The van der Waals surface area contributed by atoms with Crippen molar-refractivity contribution < 1.29 is 9.59 Å². The molecule has 1 heterocycles. The second kappa shape index (κ2) is 7.22. The summed E-state index contributed by atoms with van der Waals surface area (Å²) in [7, 11) is 4.09. The first-order chi connectivity index (χ1) is 10.1. The quantitative estimate of drug-likeness (QED) is 0.729. The first-order valence-corrected chi connectivity index (χ1v) is 7.29. The molecule has 1 fully saturated rings. The van der Waals surface area contributed by atoms with Gasteiger partial charge in [0.1, 0.15) is 6.29 Å². The van der Waals surface area contributed by atoms with Crippen LogP contribution in [-0.4, -0.2) is 68.3 Å². The van der Waals surface area contributed by atoms with E-state index in [1.54, 1.807) is 0 Å². The largest absolute Gasteiger partial charge is 0.355 e. The standard InChI is InChI=1S/C16H23N3O2/c1-17(2)15-8-9-19(12-15)16(21)13-18(10-11-20)14-6-4-3-5-7-14/h3-7,11,15H,8-10,12-13H2,1-2H3. The van der Waals surface area contributed by atoms with Crippen molar-refractivity contribution in [2.75, 3.05) is 45.2 Å². The van der Waals surface area contributed by atoms with Crippen LogP contribution in [0.2, 0.25) is 0 Å². The summed E-state index contributed by atoms with van der Waals surface area (Å²) in [6.07, 6.45) is 1.85. The zero-order valence-electron chi connectivity index (χ0n) is 12.7. The summed E-state index contributed by atoms with van der Waals surface area (Å²) < 4.78 is 0. The molecule has 0 saturated carbocycles. The summed E-state index contributed by atoms with van der Waals surface area (Å²) in [5.74, 6) is 0.0880. The number of carbonyl (C=O) groups excluding carboxylic acids is 2. The number of carbonyl (C=O) groups is 2. The van der Waals surface area contributed by atoms with Crippen molar-refractivity contribution in [2.45, 2.75) is 12.5 Å². The fourth-order valence-electron chi connectivity index (χ4n) is 2.64. The number of likely N-dealkylation sites (tertiary alicyclic amines) is 1. The maximum atomic E-state index is 12.4. The van der Waals surface area contributed by atoms with Crippen LogP contribution in [0.25, 0.3) is 0 Å². The molecule has 1 atom stereocenters. The van der Waals surface area contributed by atoms with Crippen LogP contribution in [0, 0.1) is 0 Å². The van der Waals surface area contributed by atoms with Crippen molar-refractivity contribution in [3.05, 3.63) is 30.3 Å². The normalized spacial score (nSPS) is 18.0. The van der Waals surface area contributed by atoms with Gasteiger partial charge in [-0.25, -0.2) is 0 Å². The Hall–Kier alpha value is -1.88. The van der Waals surface area contributed by atoms with E-state index < -0.39 is 0 Å². The first-order valence-electron chi connectivity index (χ1n) is 7.29. The molecule has 5 heteroatoms. The minimum Gasteiger partial charge on any atom is -0.355 e. The van der Waals surface area contributed by atoms with E-state index in [1.165, 1.54) is 0 Å². The van der Waals surface area contributed by atoms with Crippen LogP contribution in [0.3, 0.4) is 0 Å². The van der Waals surface area contributed by atoms with E-state index in [9.17, 15) is 9.59 Å². The maximum Gasteiger partial charge on any atom is 0.242 e. The molecular weight excluding hydrogens is 266 g/mol. The average Bonchev–Trinajstić information content (AvgIpc) is 2.98. The molecule has 1 amide bonds. The molecule has 1 saturated heterocycles. The predicted octanol–water partition coefficient (Wildman–Crippen LogP) is 0.854. The van der Waals surface area contributed by atoms with Gasteiger partial charge in [0.05, 0.1) is 13.1 Å². The van der Waals surface area contributed by atoms with Gasteiger partial charge in [0.2, 0.25) is 5.91 Å². The van der Waals surface area contributed by atoms with E-state index in [1.807, 2.05) is 54.2 Å². The van der Waals surface area contributed by atoms with Crippen LogP contribution in [0.15, 0.2) is 30.3 Å². The highest BCUT2D eigenvalue weighted by Gasteiger charge is 2.28. The average molecular weight is 289 g/mol. The predicted molar refractivity (Wildman–Crippen MR) is 83.4 cm³/mol. The number of para-hydroxylation sites is 1. The van der Waals surface area contributed by atoms with Gasteiger partial charge in [-0.15, -0.1) is 0 Å². The Balaban J connectivity index is 1.98. The molecule has 0 aliphatic carbocycles. The zero-order valence-corrected chi connectivity index (χ0v) is 12.7. The molecule has 0 N–H and O–H groups in total. The third kappa shape index (κ3) is 4.04. The molecule has 0 radical (unpaired) electrons. The highest BCUT2D eigenvalue weighted by molar-refractivity contribution is 5.83. The van der Waals surface area contributed by atoms with Crippen molar-refractivity contribution in [3.63, 3.8) is 0 Å². The molecule has 1 aliphatic rings. The second-order valence-electron chi connectivity index (χ2n) is 5.63. The summed E-state index contributed by atoms with van der Waals surface area (Å²) in [4.78, 5) is 29.2. The molecule has 21 heavy (non-hydrogen) atoms. The van der Waals surface area contributed by atoms with Gasteiger partial charge in [-0.3, -0.25) is 4.79 Å². The molecule has 5 nitrogen and oxygen atoms in total. The molecule has 1 unspecified atom stereocenters. The molecule has 1 aliphatic heterocycles. The Morgan fingerprint density at radius 2 is 2.05 bits per heavy atom. The van der Waals surface area contributed by atoms with Crippen LogP contribution >= 0.6 is 0 Å². The summed E-state index contributed by atoms with van der Waals surface area (Å²) in [5, 5.41) is 0. The highest BCUT2D eigenvalue weighted by atomic mass is 16.2. The molecule has 2 rings (SSSR count). The van der Waals surface area contributed by atoms with Crippen LogP contribution in [0.1, 0.15) is 6.42 Å². The summed E-state index contributed by atoms with van der Waals surface area (Å²) >= 11 is 0. The Kier molecular flexibility index (Phi) is 5.33. The van der Waals surface area contributed by atoms with Gasteiger partial charge in [-0.05, 0) is 32.6 Å². The lowest BCUT2D eigenvalue weighted by Crippen LogP contribution is -2.41. The lowest BCUT2D eigenvalue weighted by Gasteiger charge is -2.25. The molecule has 1 aromatic rings. The SMILES string of the molecule is CN(C)C1CCN(C(=O)CN(CC=O)c2ccccc2)C1. The number of hydrogen-bond donors (Lipinski definition) is 0. The topological polar surface area (TPSA) is 43.9 Å². The maximum absolute atomic E-state index is 12.4. The smallest absolute Gasteiger partial charge is 0.242 e. The van der Waals surface area contributed by atoms with Crippen LogP contribution in [0.5, 0.6) is 0 Å². The lowest BCUT2D eigenvalue weighted by atomic mass is 10.2. The fraction of sp³-hybridized carbons (Fsp3) is 0.500. The molecule has 0 aromatic heterocycles. The van der Waals surface area contributed by atoms with Crippen molar-refractivity contribution >= 4 is 17.9 Å². The van der Waals surface area contributed by atoms with E-state index in [0.29, 0.717) is 6.04 Å². The number of rotatable bonds is 6. The van der Waals surface area contributed by atoms with Crippen LogP contribution in [0.4, 0.5) is 5.69 Å². The zero-order chi connectivity index (χ0) is 15.2. The van der Waals surface area contributed by atoms with E-state index in [2.05, 4.69) is 4.90 Å². The number of benzene rings is 1. The number of likely N-dealkylation sites (N-methyl/N-ethyl adjacent to an activating group) is 1. The van der Waals surface area contributed by atoms with Gasteiger partial charge in [0, 0.05) is 24.8 Å². The van der Waals surface area contributed by atoms with E-state index in [4.69, 9.17) is 0 Å².